The van der Waals surface area contributed by atoms with Gasteiger partial charge in [-0.2, -0.15) is 0 Å². The Balaban J connectivity index is 2.25. The molecule has 0 aliphatic rings. The first-order chi connectivity index (χ1) is 6.18. The van der Waals surface area contributed by atoms with Crippen LogP contribution in [-0.4, -0.2) is 32.2 Å². The number of aromatic amines is 1. The fourth-order valence-electron chi connectivity index (χ4n) is 0.993. The molecule has 1 rings (SSSR count). The van der Waals surface area contributed by atoms with Gasteiger partial charge >= 0.3 is 0 Å². The van der Waals surface area contributed by atoms with Gasteiger partial charge in [-0.25, -0.2) is 4.98 Å². The Labute approximate surface area is 80.6 Å². The molecule has 1 heterocycles. The number of anilines is 1. The number of imidazole rings is 1. The van der Waals surface area contributed by atoms with Gasteiger partial charge in [0, 0.05) is 41.2 Å². The quantitative estimate of drug-likeness (QED) is 0.746. The SMILES string of the molecule is CC(CCS(C)=O)Nc1ncc[nH]1. The first-order valence-corrected chi connectivity index (χ1v) is 5.97. The van der Waals surface area contributed by atoms with E-state index in [-0.39, 0.29) is 0 Å². The summed E-state index contributed by atoms with van der Waals surface area (Å²) in [6, 6.07) is 0.301. The summed E-state index contributed by atoms with van der Waals surface area (Å²) in [6.45, 7) is 2.05. The minimum absolute atomic E-state index is 0.301. The standard InChI is InChI=1S/C8H15N3OS/c1-7(3-6-13(2)12)11-8-9-4-5-10-8/h4-5,7H,3,6H2,1-2H3,(H2,9,10,11). The molecule has 2 N–H and O–H groups in total. The van der Waals surface area contributed by atoms with Gasteiger partial charge in [-0.3, -0.25) is 4.21 Å². The molecule has 2 unspecified atom stereocenters. The molecule has 0 saturated carbocycles. The van der Waals surface area contributed by atoms with E-state index in [4.69, 9.17) is 0 Å². The molecule has 13 heavy (non-hydrogen) atoms. The van der Waals surface area contributed by atoms with Crippen LogP contribution in [0.25, 0.3) is 0 Å². The molecule has 74 valence electrons. The van der Waals surface area contributed by atoms with Crippen LogP contribution in [0.4, 0.5) is 5.95 Å². The summed E-state index contributed by atoms with van der Waals surface area (Å²) in [5, 5.41) is 3.18. The number of hydrogen-bond acceptors (Lipinski definition) is 3. The van der Waals surface area contributed by atoms with Crippen LogP contribution in [0.5, 0.6) is 0 Å². The summed E-state index contributed by atoms with van der Waals surface area (Å²) < 4.78 is 10.8. The van der Waals surface area contributed by atoms with E-state index in [1.807, 2.05) is 0 Å². The molecule has 4 nitrogen and oxygen atoms in total. The Bertz CT molecular complexity index is 260. The molecular formula is C8H15N3OS. The van der Waals surface area contributed by atoms with Crippen molar-refractivity contribution in [3.05, 3.63) is 12.4 Å². The van der Waals surface area contributed by atoms with E-state index in [0.717, 1.165) is 18.1 Å². The molecule has 0 spiro atoms. The number of aromatic nitrogens is 2. The summed E-state index contributed by atoms with van der Waals surface area (Å²) in [5.74, 6) is 1.50. The molecule has 0 fully saturated rings. The third kappa shape index (κ3) is 4.07. The molecule has 0 aliphatic carbocycles. The van der Waals surface area contributed by atoms with E-state index >= 15 is 0 Å². The van der Waals surface area contributed by atoms with Crippen LogP contribution in [0.3, 0.4) is 0 Å². The average molecular weight is 201 g/mol. The van der Waals surface area contributed by atoms with Gasteiger partial charge in [0.25, 0.3) is 0 Å². The van der Waals surface area contributed by atoms with Gasteiger partial charge < -0.3 is 10.3 Å². The lowest BCUT2D eigenvalue weighted by molar-refractivity contribution is 0.678. The Morgan fingerprint density at radius 2 is 2.54 bits per heavy atom. The lowest BCUT2D eigenvalue weighted by Gasteiger charge is -2.11. The lowest BCUT2D eigenvalue weighted by atomic mass is 10.3. The fourth-order valence-corrected chi connectivity index (χ4v) is 1.68. The summed E-state index contributed by atoms with van der Waals surface area (Å²) in [6.07, 6.45) is 6.09. The third-order valence-electron chi connectivity index (χ3n) is 1.72. The number of nitrogens with one attached hydrogen (secondary N) is 2. The predicted molar refractivity (Wildman–Crippen MR) is 55.2 cm³/mol. The zero-order valence-electron chi connectivity index (χ0n) is 7.91. The van der Waals surface area contributed by atoms with Crippen molar-refractivity contribution in [3.63, 3.8) is 0 Å². The first-order valence-electron chi connectivity index (χ1n) is 4.24. The largest absolute Gasteiger partial charge is 0.353 e. The van der Waals surface area contributed by atoms with Crippen molar-refractivity contribution in [1.29, 1.82) is 0 Å². The van der Waals surface area contributed by atoms with Gasteiger partial charge in [-0.1, -0.05) is 0 Å². The second kappa shape index (κ2) is 5.01. The van der Waals surface area contributed by atoms with E-state index in [1.54, 1.807) is 18.6 Å². The van der Waals surface area contributed by atoms with Gasteiger partial charge in [0.15, 0.2) is 5.95 Å². The minimum Gasteiger partial charge on any atom is -0.353 e. The normalized spacial score (nSPS) is 15.2. The smallest absolute Gasteiger partial charge is 0.200 e. The van der Waals surface area contributed by atoms with Crippen LogP contribution >= 0.6 is 0 Å². The van der Waals surface area contributed by atoms with Crippen molar-refractivity contribution in [2.45, 2.75) is 19.4 Å². The van der Waals surface area contributed by atoms with Crippen molar-refractivity contribution < 1.29 is 4.21 Å². The topological polar surface area (TPSA) is 57.8 Å². The fraction of sp³-hybridized carbons (Fsp3) is 0.625. The number of H-pyrrole nitrogens is 1. The van der Waals surface area contributed by atoms with Crippen LogP contribution in [0.1, 0.15) is 13.3 Å². The highest BCUT2D eigenvalue weighted by molar-refractivity contribution is 7.84. The van der Waals surface area contributed by atoms with Crippen molar-refractivity contribution >= 4 is 16.7 Å². The van der Waals surface area contributed by atoms with Crippen LogP contribution in [0.15, 0.2) is 12.4 Å². The Morgan fingerprint density at radius 1 is 1.77 bits per heavy atom. The molecule has 0 bridgehead atoms. The Kier molecular flexibility index (Phi) is 3.95. The second-order valence-corrected chi connectivity index (χ2v) is 4.60. The molecule has 5 heteroatoms. The van der Waals surface area contributed by atoms with Gasteiger partial charge in [0.1, 0.15) is 0 Å². The van der Waals surface area contributed by atoms with Crippen molar-refractivity contribution in [1.82, 2.24) is 9.97 Å². The molecule has 0 saturated heterocycles. The highest BCUT2D eigenvalue weighted by Crippen LogP contribution is 2.02. The average Bonchev–Trinajstić information content (AvgIpc) is 2.53. The highest BCUT2D eigenvalue weighted by atomic mass is 32.2. The number of rotatable bonds is 5. The van der Waals surface area contributed by atoms with Crippen molar-refractivity contribution in [2.75, 3.05) is 17.3 Å². The molecule has 0 aromatic carbocycles. The zero-order valence-corrected chi connectivity index (χ0v) is 8.73. The first kappa shape index (κ1) is 10.2. The van der Waals surface area contributed by atoms with Crippen LogP contribution in [0, 0.1) is 0 Å². The maximum absolute atomic E-state index is 10.8. The number of nitrogens with zero attached hydrogens (tertiary/aromatic N) is 1. The monoisotopic (exact) mass is 201 g/mol. The molecule has 0 amide bonds. The zero-order chi connectivity index (χ0) is 9.68. The summed E-state index contributed by atoms with van der Waals surface area (Å²) in [5.41, 5.74) is 0. The van der Waals surface area contributed by atoms with Crippen LogP contribution < -0.4 is 5.32 Å². The van der Waals surface area contributed by atoms with E-state index in [2.05, 4.69) is 22.2 Å². The van der Waals surface area contributed by atoms with Crippen molar-refractivity contribution in [2.24, 2.45) is 0 Å². The van der Waals surface area contributed by atoms with Gasteiger partial charge in [0.2, 0.25) is 0 Å². The summed E-state index contributed by atoms with van der Waals surface area (Å²) in [4.78, 5) is 7.00. The van der Waals surface area contributed by atoms with Crippen LogP contribution in [-0.2, 0) is 10.8 Å². The number of hydrogen-bond donors (Lipinski definition) is 2. The van der Waals surface area contributed by atoms with E-state index < -0.39 is 10.8 Å². The third-order valence-corrected chi connectivity index (χ3v) is 2.53. The molecule has 2 atom stereocenters. The Hall–Kier alpha value is -0.840. The maximum Gasteiger partial charge on any atom is 0.200 e. The summed E-state index contributed by atoms with van der Waals surface area (Å²) >= 11 is 0. The molecule has 1 aromatic rings. The van der Waals surface area contributed by atoms with E-state index in [9.17, 15) is 4.21 Å². The minimum atomic E-state index is -0.705. The maximum atomic E-state index is 10.8. The molecule has 0 radical (unpaired) electrons. The predicted octanol–water partition coefficient (Wildman–Crippen LogP) is 0.979. The van der Waals surface area contributed by atoms with Crippen LogP contribution in [0.2, 0.25) is 0 Å². The molecule has 1 aromatic heterocycles. The van der Waals surface area contributed by atoms with E-state index in [0.29, 0.717) is 6.04 Å². The van der Waals surface area contributed by atoms with Gasteiger partial charge in [-0.15, -0.1) is 0 Å². The highest BCUT2D eigenvalue weighted by Gasteiger charge is 2.03. The second-order valence-electron chi connectivity index (χ2n) is 3.05. The van der Waals surface area contributed by atoms with E-state index in [1.165, 1.54) is 0 Å². The van der Waals surface area contributed by atoms with Crippen molar-refractivity contribution in [3.8, 4) is 0 Å². The summed E-state index contributed by atoms with van der Waals surface area (Å²) in [7, 11) is -0.705. The molecular weight excluding hydrogens is 186 g/mol. The van der Waals surface area contributed by atoms with Gasteiger partial charge in [-0.05, 0) is 13.3 Å². The lowest BCUT2D eigenvalue weighted by Crippen LogP contribution is -2.18. The Morgan fingerprint density at radius 3 is 3.08 bits per heavy atom. The van der Waals surface area contributed by atoms with Gasteiger partial charge in [0.05, 0.1) is 0 Å². The molecule has 0 aliphatic heterocycles.